The second kappa shape index (κ2) is 7.98. The van der Waals surface area contributed by atoms with Gasteiger partial charge >= 0.3 is 0 Å². The minimum atomic E-state index is 0.444. The molecule has 0 amide bonds. The van der Waals surface area contributed by atoms with Crippen LogP contribution in [-0.2, 0) is 6.54 Å². The Kier molecular flexibility index (Phi) is 5.74. The summed E-state index contributed by atoms with van der Waals surface area (Å²) in [7, 11) is 2.06. The van der Waals surface area contributed by atoms with Crippen molar-refractivity contribution in [3.05, 3.63) is 29.8 Å². The molecule has 3 heteroatoms. The largest absolute Gasteiger partial charge is 0.490 e. The maximum atomic E-state index is 6.28. The summed E-state index contributed by atoms with van der Waals surface area (Å²) in [6.07, 6.45) is 8.22. The lowest BCUT2D eigenvalue weighted by Crippen LogP contribution is -2.38. The first kappa shape index (κ1) is 15.8. The number of hydrogen-bond donors (Lipinski definition) is 1. The Morgan fingerprint density at radius 2 is 1.95 bits per heavy atom. The van der Waals surface area contributed by atoms with Crippen molar-refractivity contribution in [1.29, 1.82) is 0 Å². The highest BCUT2D eigenvalue weighted by atomic mass is 16.5. The van der Waals surface area contributed by atoms with Gasteiger partial charge in [0.25, 0.3) is 0 Å². The SMILES string of the molecule is CNC[C@H]1CCCN(Cc2ccccc2OC2CCCC2)C1. The lowest BCUT2D eigenvalue weighted by molar-refractivity contribution is 0.160. The molecule has 2 aliphatic rings. The maximum absolute atomic E-state index is 6.28. The molecule has 1 aromatic carbocycles. The van der Waals surface area contributed by atoms with E-state index in [2.05, 4.69) is 41.5 Å². The van der Waals surface area contributed by atoms with Gasteiger partial charge in [-0.3, -0.25) is 4.90 Å². The molecular weight excluding hydrogens is 272 g/mol. The number of nitrogens with one attached hydrogen (secondary N) is 1. The van der Waals surface area contributed by atoms with Gasteiger partial charge in [-0.2, -0.15) is 0 Å². The van der Waals surface area contributed by atoms with Crippen LogP contribution in [0.15, 0.2) is 24.3 Å². The van der Waals surface area contributed by atoms with Gasteiger partial charge in [0.15, 0.2) is 0 Å². The molecular formula is C19H30N2O. The van der Waals surface area contributed by atoms with Crippen LogP contribution >= 0.6 is 0 Å². The molecule has 3 rings (SSSR count). The molecule has 22 heavy (non-hydrogen) atoms. The summed E-state index contributed by atoms with van der Waals surface area (Å²) in [5, 5.41) is 3.33. The zero-order chi connectivity index (χ0) is 15.2. The van der Waals surface area contributed by atoms with Crippen LogP contribution in [-0.4, -0.2) is 37.7 Å². The van der Waals surface area contributed by atoms with Gasteiger partial charge in [-0.1, -0.05) is 18.2 Å². The van der Waals surface area contributed by atoms with E-state index in [1.54, 1.807) is 0 Å². The van der Waals surface area contributed by atoms with Gasteiger partial charge in [0.2, 0.25) is 0 Å². The lowest BCUT2D eigenvalue weighted by atomic mass is 9.97. The maximum Gasteiger partial charge on any atom is 0.124 e. The summed E-state index contributed by atoms with van der Waals surface area (Å²) in [5.74, 6) is 1.91. The molecule has 1 aromatic rings. The fourth-order valence-electron chi connectivity index (χ4n) is 3.93. The van der Waals surface area contributed by atoms with Crippen molar-refractivity contribution in [2.45, 2.75) is 51.2 Å². The Balaban J connectivity index is 1.61. The van der Waals surface area contributed by atoms with Gasteiger partial charge < -0.3 is 10.1 Å². The van der Waals surface area contributed by atoms with Crippen molar-refractivity contribution in [3.8, 4) is 5.75 Å². The van der Waals surface area contributed by atoms with Crippen LogP contribution in [0.4, 0.5) is 0 Å². The summed E-state index contributed by atoms with van der Waals surface area (Å²) in [6.45, 7) is 4.59. The third-order valence-electron chi connectivity index (χ3n) is 5.06. The zero-order valence-corrected chi connectivity index (χ0v) is 13.9. The van der Waals surface area contributed by atoms with E-state index in [4.69, 9.17) is 4.74 Å². The number of rotatable bonds is 6. The minimum Gasteiger partial charge on any atom is -0.490 e. The zero-order valence-electron chi connectivity index (χ0n) is 13.9. The van der Waals surface area contributed by atoms with Crippen LogP contribution in [0.3, 0.4) is 0 Å². The molecule has 0 aromatic heterocycles. The average Bonchev–Trinajstić information content (AvgIpc) is 3.03. The number of ether oxygens (including phenoxy) is 1. The van der Waals surface area contributed by atoms with Crippen LogP contribution in [0.1, 0.15) is 44.1 Å². The Bertz CT molecular complexity index is 455. The molecule has 122 valence electrons. The predicted molar refractivity (Wildman–Crippen MR) is 91.3 cm³/mol. The molecule has 1 heterocycles. The highest BCUT2D eigenvalue weighted by Gasteiger charge is 2.22. The van der Waals surface area contributed by atoms with Crippen LogP contribution in [0.2, 0.25) is 0 Å². The molecule has 0 bridgehead atoms. The molecule has 1 atom stereocenters. The smallest absolute Gasteiger partial charge is 0.124 e. The summed E-state index contributed by atoms with van der Waals surface area (Å²) in [5.41, 5.74) is 1.36. The molecule has 0 unspecified atom stereocenters. The number of likely N-dealkylation sites (tertiary alicyclic amines) is 1. The number of hydrogen-bond acceptors (Lipinski definition) is 3. The van der Waals surface area contributed by atoms with Crippen molar-refractivity contribution in [3.63, 3.8) is 0 Å². The number of piperidine rings is 1. The third kappa shape index (κ3) is 4.23. The molecule has 1 N–H and O–H groups in total. The number of nitrogens with zero attached hydrogens (tertiary/aromatic N) is 1. The van der Waals surface area contributed by atoms with Gasteiger partial charge in [0, 0.05) is 18.7 Å². The van der Waals surface area contributed by atoms with Crippen LogP contribution < -0.4 is 10.1 Å². The Morgan fingerprint density at radius 3 is 2.77 bits per heavy atom. The molecule has 3 nitrogen and oxygen atoms in total. The summed E-state index contributed by atoms with van der Waals surface area (Å²) in [6, 6.07) is 8.65. The van der Waals surface area contributed by atoms with Crippen molar-refractivity contribution in [1.82, 2.24) is 10.2 Å². The molecule has 1 saturated carbocycles. The summed E-state index contributed by atoms with van der Waals surface area (Å²) >= 11 is 0. The van der Waals surface area contributed by atoms with E-state index in [0.29, 0.717) is 6.10 Å². The van der Waals surface area contributed by atoms with E-state index in [9.17, 15) is 0 Å². The molecule has 2 fully saturated rings. The lowest BCUT2D eigenvalue weighted by Gasteiger charge is -2.33. The summed E-state index contributed by atoms with van der Waals surface area (Å²) < 4.78 is 6.28. The van der Waals surface area contributed by atoms with E-state index < -0.39 is 0 Å². The first-order valence-electron chi connectivity index (χ1n) is 8.96. The highest BCUT2D eigenvalue weighted by molar-refractivity contribution is 5.33. The second-order valence-electron chi connectivity index (χ2n) is 6.93. The summed E-state index contributed by atoms with van der Waals surface area (Å²) in [4.78, 5) is 2.60. The fraction of sp³-hybridized carbons (Fsp3) is 0.684. The monoisotopic (exact) mass is 302 g/mol. The van der Waals surface area contributed by atoms with Crippen molar-refractivity contribution in [2.75, 3.05) is 26.7 Å². The Hall–Kier alpha value is -1.06. The first-order valence-corrected chi connectivity index (χ1v) is 8.96. The number of para-hydroxylation sites is 1. The second-order valence-corrected chi connectivity index (χ2v) is 6.93. The fourth-order valence-corrected chi connectivity index (χ4v) is 3.93. The molecule has 1 saturated heterocycles. The third-order valence-corrected chi connectivity index (χ3v) is 5.06. The Morgan fingerprint density at radius 1 is 1.14 bits per heavy atom. The predicted octanol–water partition coefficient (Wildman–Crippen LogP) is 3.44. The number of benzene rings is 1. The van der Waals surface area contributed by atoms with Gasteiger partial charge in [0.1, 0.15) is 5.75 Å². The van der Waals surface area contributed by atoms with E-state index >= 15 is 0 Å². The van der Waals surface area contributed by atoms with Gasteiger partial charge in [-0.15, -0.1) is 0 Å². The molecule has 0 radical (unpaired) electrons. The Labute approximate surface area is 135 Å². The standard InChI is InChI=1S/C19H30N2O/c1-20-13-16-7-6-12-21(14-16)15-17-8-2-5-11-19(17)22-18-9-3-4-10-18/h2,5,8,11,16,18,20H,3-4,6-7,9-10,12-15H2,1H3/t16-/m1/s1. The first-order chi connectivity index (χ1) is 10.8. The van der Waals surface area contributed by atoms with E-state index in [-0.39, 0.29) is 0 Å². The van der Waals surface area contributed by atoms with Gasteiger partial charge in [0.05, 0.1) is 6.10 Å². The molecule has 1 aliphatic heterocycles. The van der Waals surface area contributed by atoms with Gasteiger partial charge in [-0.05, 0) is 70.6 Å². The van der Waals surface area contributed by atoms with Crippen LogP contribution in [0.25, 0.3) is 0 Å². The highest BCUT2D eigenvalue weighted by Crippen LogP contribution is 2.28. The van der Waals surface area contributed by atoms with Crippen molar-refractivity contribution >= 4 is 0 Å². The van der Waals surface area contributed by atoms with Crippen molar-refractivity contribution < 1.29 is 4.74 Å². The molecule has 1 aliphatic carbocycles. The topological polar surface area (TPSA) is 24.5 Å². The van der Waals surface area contributed by atoms with E-state index in [0.717, 1.165) is 24.8 Å². The average molecular weight is 302 g/mol. The molecule has 0 spiro atoms. The van der Waals surface area contributed by atoms with E-state index in [1.807, 2.05) is 0 Å². The normalized spacial score (nSPS) is 23.8. The van der Waals surface area contributed by atoms with E-state index in [1.165, 1.54) is 57.2 Å². The van der Waals surface area contributed by atoms with Crippen LogP contribution in [0.5, 0.6) is 5.75 Å². The minimum absolute atomic E-state index is 0.444. The quantitative estimate of drug-likeness (QED) is 0.871. The van der Waals surface area contributed by atoms with Crippen molar-refractivity contribution in [2.24, 2.45) is 5.92 Å². The van der Waals surface area contributed by atoms with Gasteiger partial charge in [-0.25, -0.2) is 0 Å². The van der Waals surface area contributed by atoms with Crippen LogP contribution in [0, 0.1) is 5.92 Å².